The molecule has 0 radical (unpaired) electrons. The third-order valence-corrected chi connectivity index (χ3v) is 7.47. The van der Waals surface area contributed by atoms with Gasteiger partial charge in [-0.25, -0.2) is 22.0 Å². The second kappa shape index (κ2) is 7.94. The van der Waals surface area contributed by atoms with Crippen molar-refractivity contribution < 1.29 is 21.6 Å². The van der Waals surface area contributed by atoms with Gasteiger partial charge in [0.15, 0.2) is 0 Å². The fourth-order valence-electron chi connectivity index (χ4n) is 3.58. The number of nitrogens with two attached hydrogens (primary N) is 1. The Morgan fingerprint density at radius 1 is 1.07 bits per heavy atom. The number of benzene rings is 2. The van der Waals surface area contributed by atoms with Gasteiger partial charge in [-0.3, -0.25) is 4.72 Å². The molecular weight excluding hydrogens is 414 g/mol. The lowest BCUT2D eigenvalue weighted by molar-refractivity contribution is 0.265. The molecule has 2 aromatic rings. The van der Waals surface area contributed by atoms with Crippen molar-refractivity contribution in [2.24, 2.45) is 5.14 Å². The molecule has 0 spiro atoms. The van der Waals surface area contributed by atoms with E-state index in [1.807, 2.05) is 14.1 Å². The van der Waals surface area contributed by atoms with Crippen LogP contribution in [0.4, 0.5) is 5.69 Å². The zero-order valence-electron chi connectivity index (χ0n) is 16.5. The molecule has 0 aliphatic heterocycles. The van der Waals surface area contributed by atoms with Crippen LogP contribution in [0.1, 0.15) is 17.5 Å². The maximum absolute atomic E-state index is 12.9. The highest BCUT2D eigenvalue weighted by Gasteiger charge is 2.27. The van der Waals surface area contributed by atoms with Gasteiger partial charge in [0.2, 0.25) is 10.0 Å². The van der Waals surface area contributed by atoms with Crippen molar-refractivity contribution in [3.8, 4) is 5.75 Å². The van der Waals surface area contributed by atoms with Gasteiger partial charge in [0.25, 0.3) is 10.0 Å². The molecule has 0 fully saturated rings. The molecule has 29 heavy (non-hydrogen) atoms. The van der Waals surface area contributed by atoms with Crippen LogP contribution in [0.2, 0.25) is 0 Å². The van der Waals surface area contributed by atoms with Gasteiger partial charge in [0.1, 0.15) is 5.75 Å². The zero-order chi connectivity index (χ0) is 21.4. The SMILES string of the molecule is COc1ccc(NS(=O)(=O)c2cccc(S(N)(=O)=O)c2)c2c1C[C@@H](N(C)C)CC2. The molecule has 0 unspecified atom stereocenters. The lowest BCUT2D eigenvalue weighted by Gasteiger charge is -2.32. The van der Waals surface area contributed by atoms with E-state index < -0.39 is 20.0 Å². The van der Waals surface area contributed by atoms with Crippen molar-refractivity contribution >= 4 is 25.7 Å². The lowest BCUT2D eigenvalue weighted by atomic mass is 9.86. The largest absolute Gasteiger partial charge is 0.496 e. The monoisotopic (exact) mass is 439 g/mol. The van der Waals surface area contributed by atoms with Gasteiger partial charge in [0, 0.05) is 11.6 Å². The zero-order valence-corrected chi connectivity index (χ0v) is 18.2. The van der Waals surface area contributed by atoms with Gasteiger partial charge in [-0.2, -0.15) is 0 Å². The number of ether oxygens (including phenoxy) is 1. The molecule has 0 amide bonds. The van der Waals surface area contributed by atoms with Crippen molar-refractivity contribution in [3.63, 3.8) is 0 Å². The van der Waals surface area contributed by atoms with Crippen LogP contribution in [0.25, 0.3) is 0 Å². The van der Waals surface area contributed by atoms with Crippen LogP contribution in [-0.2, 0) is 32.9 Å². The fourth-order valence-corrected chi connectivity index (χ4v) is 5.35. The van der Waals surface area contributed by atoms with Gasteiger partial charge < -0.3 is 9.64 Å². The van der Waals surface area contributed by atoms with E-state index in [-0.39, 0.29) is 9.79 Å². The molecule has 3 N–H and O–H groups in total. The van der Waals surface area contributed by atoms with E-state index in [1.165, 1.54) is 18.2 Å². The average Bonchev–Trinajstić information content (AvgIpc) is 2.67. The number of hydrogen-bond acceptors (Lipinski definition) is 6. The molecule has 3 rings (SSSR count). The molecule has 0 aromatic heterocycles. The van der Waals surface area contributed by atoms with E-state index in [0.717, 1.165) is 35.8 Å². The second-order valence-electron chi connectivity index (χ2n) is 7.26. The van der Waals surface area contributed by atoms with Gasteiger partial charge in [-0.05, 0) is 69.3 Å². The Kier molecular flexibility index (Phi) is 5.91. The predicted octanol–water partition coefficient (Wildman–Crippen LogP) is 1.56. The number of anilines is 1. The molecule has 1 atom stereocenters. The molecule has 0 saturated carbocycles. The Morgan fingerprint density at radius 3 is 2.38 bits per heavy atom. The van der Waals surface area contributed by atoms with E-state index in [4.69, 9.17) is 9.88 Å². The first kappa shape index (κ1) is 21.6. The van der Waals surface area contributed by atoms with Crippen molar-refractivity contribution in [2.75, 3.05) is 25.9 Å². The minimum atomic E-state index is -4.01. The minimum absolute atomic E-state index is 0.171. The summed E-state index contributed by atoms with van der Waals surface area (Å²) in [6.07, 6.45) is 2.34. The average molecular weight is 440 g/mol. The van der Waals surface area contributed by atoms with Gasteiger partial charge in [-0.1, -0.05) is 6.07 Å². The maximum Gasteiger partial charge on any atom is 0.261 e. The summed E-state index contributed by atoms with van der Waals surface area (Å²) < 4.78 is 57.0. The van der Waals surface area contributed by atoms with Crippen molar-refractivity contribution in [1.29, 1.82) is 0 Å². The molecule has 8 nitrogen and oxygen atoms in total. The highest BCUT2D eigenvalue weighted by molar-refractivity contribution is 7.93. The number of sulfonamides is 2. The van der Waals surface area contributed by atoms with Crippen LogP contribution in [0.3, 0.4) is 0 Å². The first-order chi connectivity index (χ1) is 13.5. The number of hydrogen-bond donors (Lipinski definition) is 2. The Labute approximate surface area is 171 Å². The summed E-state index contributed by atoms with van der Waals surface area (Å²) in [6, 6.07) is 8.74. The van der Waals surface area contributed by atoms with Gasteiger partial charge in [0.05, 0.1) is 22.6 Å². The standard InChI is InChI=1S/C19H25N3O5S2/c1-22(2)13-7-8-16-17(11-13)19(27-3)10-9-18(16)21-29(25,26)15-6-4-5-14(12-15)28(20,23)24/h4-6,9-10,12-13,21H,7-8,11H2,1-3H3,(H2,20,23,24)/t13-/m0/s1. The van der Waals surface area contributed by atoms with Crippen molar-refractivity contribution in [2.45, 2.75) is 35.1 Å². The van der Waals surface area contributed by atoms with E-state index in [1.54, 1.807) is 19.2 Å². The highest BCUT2D eigenvalue weighted by Crippen LogP contribution is 2.36. The number of primary sulfonamides is 1. The molecule has 0 heterocycles. The number of likely N-dealkylation sites (N-methyl/N-ethyl adjacent to an activating group) is 1. The topological polar surface area (TPSA) is 119 Å². The summed E-state index contributed by atoms with van der Waals surface area (Å²) in [5, 5.41) is 5.12. The van der Waals surface area contributed by atoms with Crippen LogP contribution in [-0.4, -0.2) is 49.0 Å². The number of fused-ring (bicyclic) bond motifs is 1. The van der Waals surface area contributed by atoms with E-state index in [0.29, 0.717) is 18.2 Å². The minimum Gasteiger partial charge on any atom is -0.496 e. The Morgan fingerprint density at radius 2 is 1.76 bits per heavy atom. The third kappa shape index (κ3) is 4.55. The molecule has 0 saturated heterocycles. The normalized spacial score (nSPS) is 17.1. The summed E-state index contributed by atoms with van der Waals surface area (Å²) >= 11 is 0. The molecule has 0 bridgehead atoms. The summed E-state index contributed by atoms with van der Waals surface area (Å²) in [4.78, 5) is 1.72. The van der Waals surface area contributed by atoms with Gasteiger partial charge in [-0.15, -0.1) is 0 Å². The molecule has 1 aliphatic carbocycles. The quantitative estimate of drug-likeness (QED) is 0.705. The Balaban J connectivity index is 2.00. The molecule has 2 aromatic carbocycles. The first-order valence-electron chi connectivity index (χ1n) is 9.04. The number of nitrogens with zero attached hydrogens (tertiary/aromatic N) is 1. The first-order valence-corrected chi connectivity index (χ1v) is 12.1. The van der Waals surface area contributed by atoms with Crippen LogP contribution in [0.5, 0.6) is 5.75 Å². The van der Waals surface area contributed by atoms with E-state index in [9.17, 15) is 16.8 Å². The molecule has 10 heteroatoms. The maximum atomic E-state index is 12.9. The number of nitrogens with one attached hydrogen (secondary N) is 1. The summed E-state index contributed by atoms with van der Waals surface area (Å²) in [5.41, 5.74) is 2.35. The van der Waals surface area contributed by atoms with E-state index in [2.05, 4.69) is 9.62 Å². The van der Waals surface area contributed by atoms with Crippen molar-refractivity contribution in [1.82, 2.24) is 4.90 Å². The lowest BCUT2D eigenvalue weighted by Crippen LogP contribution is -2.34. The second-order valence-corrected chi connectivity index (χ2v) is 10.5. The molecule has 1 aliphatic rings. The smallest absolute Gasteiger partial charge is 0.261 e. The highest BCUT2D eigenvalue weighted by atomic mass is 32.2. The summed E-state index contributed by atoms with van der Waals surface area (Å²) in [6.45, 7) is 0. The third-order valence-electron chi connectivity index (χ3n) is 5.19. The van der Waals surface area contributed by atoms with Crippen LogP contribution >= 0.6 is 0 Å². The summed E-state index contributed by atoms with van der Waals surface area (Å²) in [5.74, 6) is 0.728. The number of rotatable bonds is 6. The van der Waals surface area contributed by atoms with Crippen LogP contribution in [0, 0.1) is 0 Å². The summed E-state index contributed by atoms with van der Waals surface area (Å²) in [7, 11) is -2.37. The fraction of sp³-hybridized carbons (Fsp3) is 0.368. The van der Waals surface area contributed by atoms with Crippen LogP contribution in [0.15, 0.2) is 46.2 Å². The van der Waals surface area contributed by atoms with E-state index >= 15 is 0 Å². The molecule has 158 valence electrons. The predicted molar refractivity (Wildman–Crippen MR) is 111 cm³/mol. The number of methoxy groups -OCH3 is 1. The molecular formula is C19H25N3O5S2. The van der Waals surface area contributed by atoms with Crippen LogP contribution < -0.4 is 14.6 Å². The van der Waals surface area contributed by atoms with Crippen molar-refractivity contribution in [3.05, 3.63) is 47.5 Å². The Bertz CT molecular complexity index is 1130. The Hall–Kier alpha value is -2.14. The van der Waals surface area contributed by atoms with Gasteiger partial charge >= 0.3 is 0 Å².